The lowest BCUT2D eigenvalue weighted by atomic mass is 10.1. The molecule has 0 aromatic heterocycles. The van der Waals surface area contributed by atoms with Gasteiger partial charge in [0.2, 0.25) is 5.91 Å². The fourth-order valence-corrected chi connectivity index (χ4v) is 2.14. The molecule has 0 saturated heterocycles. The average molecular weight is 317 g/mol. The van der Waals surface area contributed by atoms with E-state index >= 15 is 0 Å². The van der Waals surface area contributed by atoms with Crippen molar-refractivity contribution >= 4 is 18.3 Å². The second kappa shape index (κ2) is 8.32. The molecule has 0 aliphatic heterocycles. The summed E-state index contributed by atoms with van der Waals surface area (Å²) < 4.78 is 17.9. The minimum absolute atomic E-state index is 0. The van der Waals surface area contributed by atoms with Gasteiger partial charge >= 0.3 is 0 Å². The summed E-state index contributed by atoms with van der Waals surface area (Å²) in [6, 6.07) is 5.57. The number of nitrogens with two attached hydrogens (primary N) is 1. The Hall–Kier alpha value is -1.17. The topological polar surface area (TPSA) is 55.6 Å². The molecule has 1 saturated carbocycles. The number of carbonyl (C=O) groups excluding carboxylic acids is 1. The summed E-state index contributed by atoms with van der Waals surface area (Å²) in [5.74, 6) is 0.196. The third-order valence-corrected chi connectivity index (χ3v) is 3.44. The molecule has 1 atom stereocenters. The third kappa shape index (κ3) is 5.61. The first-order chi connectivity index (χ1) is 9.60. The summed E-state index contributed by atoms with van der Waals surface area (Å²) in [4.78, 5) is 14.1. The SMILES string of the molecule is COCC(N)C(=O)N(Cc1ccc(F)cc1)CC1CC1.Cl. The summed E-state index contributed by atoms with van der Waals surface area (Å²) in [6.07, 6.45) is 2.32. The smallest absolute Gasteiger partial charge is 0.242 e. The van der Waals surface area contributed by atoms with Gasteiger partial charge in [0.15, 0.2) is 0 Å². The van der Waals surface area contributed by atoms with Gasteiger partial charge in [-0.3, -0.25) is 4.79 Å². The Morgan fingerprint density at radius 3 is 2.57 bits per heavy atom. The first-order valence-corrected chi connectivity index (χ1v) is 6.88. The largest absolute Gasteiger partial charge is 0.383 e. The molecule has 4 nitrogen and oxygen atoms in total. The van der Waals surface area contributed by atoms with E-state index in [9.17, 15) is 9.18 Å². The maximum Gasteiger partial charge on any atom is 0.242 e. The molecule has 1 fully saturated rings. The van der Waals surface area contributed by atoms with Crippen LogP contribution in [0.15, 0.2) is 24.3 Å². The Morgan fingerprint density at radius 1 is 1.43 bits per heavy atom. The highest BCUT2D eigenvalue weighted by Gasteiger charge is 2.29. The van der Waals surface area contributed by atoms with Crippen molar-refractivity contribution in [3.63, 3.8) is 0 Å². The van der Waals surface area contributed by atoms with E-state index in [0.717, 1.165) is 18.4 Å². The zero-order valence-corrected chi connectivity index (χ0v) is 12.9. The molecule has 1 unspecified atom stereocenters. The van der Waals surface area contributed by atoms with Crippen LogP contribution >= 0.6 is 12.4 Å². The van der Waals surface area contributed by atoms with Gasteiger partial charge in [0.25, 0.3) is 0 Å². The molecule has 118 valence electrons. The summed E-state index contributed by atoms with van der Waals surface area (Å²) in [5.41, 5.74) is 6.73. The van der Waals surface area contributed by atoms with Crippen molar-refractivity contribution in [3.05, 3.63) is 35.6 Å². The number of rotatable bonds is 7. The number of carbonyl (C=O) groups is 1. The molecule has 6 heteroatoms. The molecule has 1 amide bonds. The van der Waals surface area contributed by atoms with Crippen LogP contribution in [-0.2, 0) is 16.1 Å². The van der Waals surface area contributed by atoms with Gasteiger partial charge in [0.1, 0.15) is 11.9 Å². The molecule has 0 spiro atoms. The van der Waals surface area contributed by atoms with Crippen LogP contribution in [0, 0.1) is 11.7 Å². The molecule has 1 aromatic carbocycles. The Kier molecular flexibility index (Phi) is 7.08. The van der Waals surface area contributed by atoms with Crippen LogP contribution in [0.5, 0.6) is 0 Å². The minimum Gasteiger partial charge on any atom is -0.383 e. The van der Waals surface area contributed by atoms with Gasteiger partial charge in [-0.05, 0) is 36.5 Å². The van der Waals surface area contributed by atoms with E-state index in [0.29, 0.717) is 19.0 Å². The fourth-order valence-electron chi connectivity index (χ4n) is 2.14. The van der Waals surface area contributed by atoms with Crippen molar-refractivity contribution in [1.29, 1.82) is 0 Å². The standard InChI is InChI=1S/C15H21FN2O2.ClH/c1-20-10-14(17)15(19)18(8-11-2-3-11)9-12-4-6-13(16)7-5-12;/h4-7,11,14H,2-3,8-10,17H2,1H3;1H. The molecule has 0 bridgehead atoms. The first kappa shape index (κ1) is 17.9. The van der Waals surface area contributed by atoms with Crippen LogP contribution in [0.4, 0.5) is 4.39 Å². The van der Waals surface area contributed by atoms with E-state index in [1.165, 1.54) is 19.2 Å². The van der Waals surface area contributed by atoms with E-state index in [-0.39, 0.29) is 30.7 Å². The van der Waals surface area contributed by atoms with E-state index in [1.54, 1.807) is 17.0 Å². The molecular weight excluding hydrogens is 295 g/mol. The quantitative estimate of drug-likeness (QED) is 0.836. The minimum atomic E-state index is -0.640. The molecule has 2 N–H and O–H groups in total. The van der Waals surface area contributed by atoms with E-state index in [2.05, 4.69) is 0 Å². The predicted molar refractivity (Wildman–Crippen MR) is 81.6 cm³/mol. The summed E-state index contributed by atoms with van der Waals surface area (Å²) in [7, 11) is 1.53. The number of amides is 1. The molecule has 0 radical (unpaired) electrons. The molecule has 1 aliphatic rings. The highest BCUT2D eigenvalue weighted by molar-refractivity contribution is 5.85. The third-order valence-electron chi connectivity index (χ3n) is 3.44. The van der Waals surface area contributed by atoms with Crippen LogP contribution in [0.2, 0.25) is 0 Å². The number of benzene rings is 1. The van der Waals surface area contributed by atoms with Crippen LogP contribution in [0.25, 0.3) is 0 Å². The number of hydrogen-bond acceptors (Lipinski definition) is 3. The molecule has 2 rings (SSSR count). The molecule has 1 aliphatic carbocycles. The van der Waals surface area contributed by atoms with Crippen LogP contribution in [0.3, 0.4) is 0 Å². The second-order valence-electron chi connectivity index (χ2n) is 5.35. The van der Waals surface area contributed by atoms with Crippen LogP contribution in [0.1, 0.15) is 18.4 Å². The van der Waals surface area contributed by atoms with Crippen molar-refractivity contribution in [2.45, 2.75) is 25.4 Å². The Labute approximate surface area is 130 Å². The Morgan fingerprint density at radius 2 is 2.05 bits per heavy atom. The normalized spacial score (nSPS) is 15.2. The predicted octanol–water partition coefficient (Wildman–Crippen LogP) is 1.96. The summed E-state index contributed by atoms with van der Waals surface area (Å²) in [5, 5.41) is 0. The fraction of sp³-hybridized carbons (Fsp3) is 0.533. The number of hydrogen-bond donors (Lipinski definition) is 1. The van der Waals surface area contributed by atoms with Crippen molar-refractivity contribution in [2.75, 3.05) is 20.3 Å². The molecule has 21 heavy (non-hydrogen) atoms. The van der Waals surface area contributed by atoms with E-state index in [4.69, 9.17) is 10.5 Å². The maximum absolute atomic E-state index is 12.9. The zero-order chi connectivity index (χ0) is 14.5. The maximum atomic E-state index is 12.9. The van der Waals surface area contributed by atoms with Gasteiger partial charge in [0.05, 0.1) is 6.61 Å². The van der Waals surface area contributed by atoms with Gasteiger partial charge in [-0.15, -0.1) is 12.4 Å². The number of nitrogens with zero attached hydrogens (tertiary/aromatic N) is 1. The number of ether oxygens (including phenoxy) is 1. The van der Waals surface area contributed by atoms with Gasteiger partial charge in [-0.25, -0.2) is 4.39 Å². The van der Waals surface area contributed by atoms with Crippen molar-refractivity contribution < 1.29 is 13.9 Å². The lowest BCUT2D eigenvalue weighted by molar-refractivity contribution is -0.134. The number of halogens is 2. The van der Waals surface area contributed by atoms with Crippen molar-refractivity contribution in [1.82, 2.24) is 4.90 Å². The molecule has 1 aromatic rings. The monoisotopic (exact) mass is 316 g/mol. The first-order valence-electron chi connectivity index (χ1n) is 6.88. The summed E-state index contributed by atoms with van der Waals surface area (Å²) >= 11 is 0. The molecular formula is C15H22ClFN2O2. The van der Waals surface area contributed by atoms with Gasteiger partial charge in [-0.1, -0.05) is 12.1 Å². The highest BCUT2D eigenvalue weighted by Crippen LogP contribution is 2.30. The zero-order valence-electron chi connectivity index (χ0n) is 12.1. The van der Waals surface area contributed by atoms with Crippen LogP contribution in [-0.4, -0.2) is 37.1 Å². The Balaban J connectivity index is 0.00000220. The van der Waals surface area contributed by atoms with Gasteiger partial charge < -0.3 is 15.4 Å². The van der Waals surface area contributed by atoms with E-state index in [1.807, 2.05) is 0 Å². The van der Waals surface area contributed by atoms with Crippen molar-refractivity contribution in [2.24, 2.45) is 11.7 Å². The van der Waals surface area contributed by atoms with Gasteiger partial charge in [-0.2, -0.15) is 0 Å². The van der Waals surface area contributed by atoms with Crippen molar-refractivity contribution in [3.8, 4) is 0 Å². The second-order valence-corrected chi connectivity index (χ2v) is 5.35. The lowest BCUT2D eigenvalue weighted by Gasteiger charge is -2.25. The average Bonchev–Trinajstić information content (AvgIpc) is 3.24. The highest BCUT2D eigenvalue weighted by atomic mass is 35.5. The Bertz CT molecular complexity index is 451. The van der Waals surface area contributed by atoms with Crippen LogP contribution < -0.4 is 5.73 Å². The summed E-state index contributed by atoms with van der Waals surface area (Å²) in [6.45, 7) is 1.39. The molecule has 0 heterocycles. The van der Waals surface area contributed by atoms with Gasteiger partial charge in [0, 0.05) is 20.2 Å². The van der Waals surface area contributed by atoms with E-state index < -0.39 is 6.04 Å². The lowest BCUT2D eigenvalue weighted by Crippen LogP contribution is -2.46. The number of methoxy groups -OCH3 is 1.